The van der Waals surface area contributed by atoms with Gasteiger partial charge in [-0.15, -0.1) is 0 Å². The number of likely N-dealkylation sites (N-methyl/N-ethyl adjacent to an activating group) is 1. The van der Waals surface area contributed by atoms with Crippen molar-refractivity contribution in [1.82, 2.24) is 19.7 Å². The Kier molecular flexibility index (Phi) is 7.41. The molecule has 0 radical (unpaired) electrons. The van der Waals surface area contributed by atoms with Gasteiger partial charge in [-0.1, -0.05) is 30.3 Å². The molecular weight excluding hydrogens is 368 g/mol. The molecule has 1 aliphatic heterocycles. The van der Waals surface area contributed by atoms with E-state index in [0.29, 0.717) is 38.4 Å². The molecule has 1 aliphatic rings. The molecule has 0 aliphatic carbocycles. The topological polar surface area (TPSA) is 69.9 Å². The van der Waals surface area contributed by atoms with Gasteiger partial charge in [0.1, 0.15) is 0 Å². The molecule has 7 heteroatoms. The van der Waals surface area contributed by atoms with Crippen LogP contribution in [0.5, 0.6) is 0 Å². The smallest absolute Gasteiger partial charge is 0.236 e. The fourth-order valence-corrected chi connectivity index (χ4v) is 3.56. The van der Waals surface area contributed by atoms with Gasteiger partial charge in [-0.3, -0.25) is 14.5 Å². The molecule has 29 heavy (non-hydrogen) atoms. The predicted molar refractivity (Wildman–Crippen MR) is 111 cm³/mol. The van der Waals surface area contributed by atoms with Crippen LogP contribution in [0.3, 0.4) is 0 Å². The number of piperazine rings is 1. The Morgan fingerprint density at radius 1 is 1.07 bits per heavy atom. The summed E-state index contributed by atoms with van der Waals surface area (Å²) < 4.78 is 5.78. The number of carbonyl (C=O) groups is 2. The van der Waals surface area contributed by atoms with Crippen molar-refractivity contribution in [2.24, 2.45) is 0 Å². The van der Waals surface area contributed by atoms with Crippen molar-refractivity contribution in [2.75, 3.05) is 45.8 Å². The highest BCUT2D eigenvalue weighted by Gasteiger charge is 2.23. The first-order valence-electron chi connectivity index (χ1n) is 10.4. The molecule has 156 valence electrons. The zero-order chi connectivity index (χ0) is 20.6. The van der Waals surface area contributed by atoms with Crippen LogP contribution in [0, 0.1) is 0 Å². The Labute approximate surface area is 172 Å². The van der Waals surface area contributed by atoms with E-state index >= 15 is 0 Å². The summed E-state index contributed by atoms with van der Waals surface area (Å²) in [5, 5.41) is 0. The van der Waals surface area contributed by atoms with Gasteiger partial charge < -0.3 is 14.2 Å². The molecule has 1 aromatic carbocycles. The first-order chi connectivity index (χ1) is 14.1. The summed E-state index contributed by atoms with van der Waals surface area (Å²) in [5.41, 5.74) is 0.980. The van der Waals surface area contributed by atoms with Crippen molar-refractivity contribution < 1.29 is 14.0 Å². The molecule has 0 bridgehead atoms. The van der Waals surface area contributed by atoms with E-state index in [9.17, 15) is 9.59 Å². The largest absolute Gasteiger partial charge is 0.441 e. The molecule has 7 nitrogen and oxygen atoms in total. The predicted octanol–water partition coefficient (Wildman–Crippen LogP) is 2.29. The van der Waals surface area contributed by atoms with Crippen LogP contribution in [0.1, 0.15) is 26.2 Å². The number of hydrogen-bond donors (Lipinski definition) is 0. The highest BCUT2D eigenvalue weighted by molar-refractivity contribution is 5.78. The number of aryl methyl sites for hydroxylation is 1. The van der Waals surface area contributed by atoms with Crippen LogP contribution in [-0.4, -0.2) is 77.3 Å². The van der Waals surface area contributed by atoms with Crippen molar-refractivity contribution in [3.63, 3.8) is 0 Å². The van der Waals surface area contributed by atoms with Gasteiger partial charge in [0.2, 0.25) is 11.8 Å². The number of amides is 2. The van der Waals surface area contributed by atoms with E-state index in [1.54, 1.807) is 6.20 Å². The zero-order valence-electron chi connectivity index (χ0n) is 17.3. The normalized spacial score (nSPS) is 14.8. The SMILES string of the molecule is CCN(CC)C(=O)CN1CCN(C(=O)CCc2ncc(-c3ccccc3)o2)CC1. The molecule has 0 atom stereocenters. The molecule has 1 saturated heterocycles. The second-order valence-electron chi connectivity index (χ2n) is 7.21. The van der Waals surface area contributed by atoms with Gasteiger partial charge in [-0.05, 0) is 13.8 Å². The fourth-order valence-electron chi connectivity index (χ4n) is 3.56. The van der Waals surface area contributed by atoms with Crippen LogP contribution in [0.2, 0.25) is 0 Å². The van der Waals surface area contributed by atoms with E-state index < -0.39 is 0 Å². The van der Waals surface area contributed by atoms with E-state index in [-0.39, 0.29) is 11.8 Å². The van der Waals surface area contributed by atoms with Crippen LogP contribution in [-0.2, 0) is 16.0 Å². The second kappa shape index (κ2) is 10.2. The second-order valence-corrected chi connectivity index (χ2v) is 7.21. The summed E-state index contributed by atoms with van der Waals surface area (Å²) in [6.07, 6.45) is 2.58. The van der Waals surface area contributed by atoms with Gasteiger partial charge in [-0.2, -0.15) is 0 Å². The fraction of sp³-hybridized carbons (Fsp3) is 0.500. The molecule has 0 saturated carbocycles. The van der Waals surface area contributed by atoms with Crippen LogP contribution in [0.15, 0.2) is 40.9 Å². The molecule has 2 aromatic rings. The van der Waals surface area contributed by atoms with Gasteiger partial charge >= 0.3 is 0 Å². The summed E-state index contributed by atoms with van der Waals surface area (Å²) in [6, 6.07) is 9.81. The van der Waals surface area contributed by atoms with E-state index in [4.69, 9.17) is 4.42 Å². The van der Waals surface area contributed by atoms with Gasteiger partial charge in [0.25, 0.3) is 0 Å². The molecule has 2 heterocycles. The minimum absolute atomic E-state index is 0.110. The van der Waals surface area contributed by atoms with Crippen LogP contribution < -0.4 is 0 Å². The average molecular weight is 399 g/mol. The van der Waals surface area contributed by atoms with E-state index in [2.05, 4.69) is 9.88 Å². The molecule has 2 amide bonds. The molecule has 0 N–H and O–H groups in total. The standard InChI is InChI=1S/C22H30N4O3/c1-3-25(4-2)22(28)17-24-12-14-26(15-13-24)21(27)11-10-20-23-16-19(29-20)18-8-6-5-7-9-18/h5-9,16H,3-4,10-15,17H2,1-2H3. The Morgan fingerprint density at radius 3 is 2.41 bits per heavy atom. The van der Waals surface area contributed by atoms with Gasteiger partial charge in [-0.25, -0.2) is 4.98 Å². The average Bonchev–Trinajstić information content (AvgIpc) is 3.23. The maximum Gasteiger partial charge on any atom is 0.236 e. The van der Waals surface area contributed by atoms with Crippen molar-refractivity contribution in [1.29, 1.82) is 0 Å². The number of oxazole rings is 1. The lowest BCUT2D eigenvalue weighted by atomic mass is 10.2. The van der Waals surface area contributed by atoms with Crippen molar-refractivity contribution in [3.05, 3.63) is 42.4 Å². The van der Waals surface area contributed by atoms with Gasteiger partial charge in [0, 0.05) is 57.7 Å². The molecule has 0 spiro atoms. The Morgan fingerprint density at radius 2 is 1.76 bits per heavy atom. The van der Waals surface area contributed by atoms with Gasteiger partial charge in [0.15, 0.2) is 11.7 Å². The first kappa shape index (κ1) is 21.0. The van der Waals surface area contributed by atoms with Gasteiger partial charge in [0.05, 0.1) is 12.7 Å². The third-order valence-corrected chi connectivity index (χ3v) is 5.36. The van der Waals surface area contributed by atoms with Crippen molar-refractivity contribution in [2.45, 2.75) is 26.7 Å². The minimum Gasteiger partial charge on any atom is -0.441 e. The Bertz CT molecular complexity index is 793. The molecule has 1 fully saturated rings. The van der Waals surface area contributed by atoms with E-state index in [1.165, 1.54) is 0 Å². The van der Waals surface area contributed by atoms with Crippen LogP contribution in [0.25, 0.3) is 11.3 Å². The quantitative estimate of drug-likeness (QED) is 0.682. The number of rotatable bonds is 8. The molecular formula is C22H30N4O3. The molecule has 1 aromatic heterocycles. The zero-order valence-corrected chi connectivity index (χ0v) is 17.3. The Balaban J connectivity index is 1.42. The Hall–Kier alpha value is -2.67. The lowest BCUT2D eigenvalue weighted by molar-refractivity contribution is -0.135. The monoisotopic (exact) mass is 398 g/mol. The van der Waals surface area contributed by atoms with Crippen LogP contribution >= 0.6 is 0 Å². The van der Waals surface area contributed by atoms with Crippen molar-refractivity contribution >= 4 is 11.8 Å². The molecule has 0 unspecified atom stereocenters. The maximum absolute atomic E-state index is 12.5. The third-order valence-electron chi connectivity index (χ3n) is 5.36. The summed E-state index contributed by atoms with van der Waals surface area (Å²) in [6.45, 7) is 8.68. The highest BCUT2D eigenvalue weighted by Crippen LogP contribution is 2.20. The van der Waals surface area contributed by atoms with E-state index in [0.717, 1.165) is 37.5 Å². The summed E-state index contributed by atoms with van der Waals surface area (Å²) >= 11 is 0. The first-order valence-corrected chi connectivity index (χ1v) is 10.4. The number of aromatic nitrogens is 1. The summed E-state index contributed by atoms with van der Waals surface area (Å²) in [4.78, 5) is 34.9. The summed E-state index contributed by atoms with van der Waals surface area (Å²) in [7, 11) is 0. The maximum atomic E-state index is 12.5. The number of hydrogen-bond acceptors (Lipinski definition) is 5. The van der Waals surface area contributed by atoms with Crippen molar-refractivity contribution in [3.8, 4) is 11.3 Å². The third kappa shape index (κ3) is 5.67. The lowest BCUT2D eigenvalue weighted by Crippen LogP contribution is -2.51. The number of nitrogens with zero attached hydrogens (tertiary/aromatic N) is 4. The number of benzene rings is 1. The lowest BCUT2D eigenvalue weighted by Gasteiger charge is -2.35. The highest BCUT2D eigenvalue weighted by atomic mass is 16.4. The summed E-state index contributed by atoms with van der Waals surface area (Å²) in [5.74, 6) is 1.58. The van der Waals surface area contributed by atoms with Crippen LogP contribution in [0.4, 0.5) is 0 Å². The minimum atomic E-state index is 0.110. The molecule has 3 rings (SSSR count). The number of carbonyl (C=O) groups excluding carboxylic acids is 2. The van der Waals surface area contributed by atoms with E-state index in [1.807, 2.05) is 54.0 Å².